The molecule has 4 rings (SSSR count). The molecule has 0 saturated carbocycles. The second-order valence-corrected chi connectivity index (χ2v) is 10.2. The topological polar surface area (TPSA) is 88.2 Å². The number of likely N-dealkylation sites (tertiary alicyclic amines) is 1. The molecule has 9 heteroatoms. The Bertz CT molecular complexity index is 1060. The molecule has 0 aliphatic carbocycles. The van der Waals surface area contributed by atoms with Crippen molar-refractivity contribution in [2.45, 2.75) is 23.8 Å². The number of morpholine rings is 1. The quantitative estimate of drug-likeness (QED) is 0.633. The van der Waals surface area contributed by atoms with Crippen LogP contribution in [0.3, 0.4) is 0 Å². The van der Waals surface area contributed by atoms with E-state index in [9.17, 15) is 13.2 Å². The van der Waals surface area contributed by atoms with E-state index in [1.165, 1.54) is 16.4 Å². The fourth-order valence-electron chi connectivity index (χ4n) is 4.46. The van der Waals surface area contributed by atoms with Gasteiger partial charge in [-0.3, -0.25) is 9.69 Å². The average Bonchev–Trinajstić information content (AvgIpc) is 3.39. The lowest BCUT2D eigenvalue weighted by atomic mass is 10.0. The molecule has 2 heterocycles. The highest BCUT2D eigenvalue weighted by Gasteiger charge is 2.28. The Kier molecular flexibility index (Phi) is 7.64. The maximum atomic E-state index is 13.0. The van der Waals surface area contributed by atoms with Gasteiger partial charge < -0.3 is 14.8 Å². The average molecular weight is 474 g/mol. The van der Waals surface area contributed by atoms with Crippen molar-refractivity contribution in [3.8, 4) is 5.75 Å². The minimum absolute atomic E-state index is 0.0205. The molecule has 0 radical (unpaired) electrons. The molecule has 1 atom stereocenters. The number of sulfonamides is 1. The summed E-state index contributed by atoms with van der Waals surface area (Å²) in [5.41, 5.74) is 1.36. The van der Waals surface area contributed by atoms with Crippen molar-refractivity contribution in [1.82, 2.24) is 14.5 Å². The Morgan fingerprint density at radius 3 is 2.52 bits per heavy atom. The number of benzene rings is 2. The lowest BCUT2D eigenvalue weighted by Gasteiger charge is -2.29. The summed E-state index contributed by atoms with van der Waals surface area (Å²) in [5.74, 6) is 0.496. The Morgan fingerprint density at radius 1 is 1.06 bits per heavy atom. The minimum Gasteiger partial charge on any atom is -0.496 e. The maximum absolute atomic E-state index is 13.0. The molecule has 0 aromatic heterocycles. The van der Waals surface area contributed by atoms with Crippen LogP contribution in [0.25, 0.3) is 0 Å². The summed E-state index contributed by atoms with van der Waals surface area (Å²) in [7, 11) is -2.01. The number of para-hydroxylation sites is 1. The van der Waals surface area contributed by atoms with Gasteiger partial charge in [0, 0.05) is 30.8 Å². The summed E-state index contributed by atoms with van der Waals surface area (Å²) in [5, 5.41) is 3.02. The van der Waals surface area contributed by atoms with E-state index in [0.29, 0.717) is 38.4 Å². The van der Waals surface area contributed by atoms with Crippen LogP contribution in [0.5, 0.6) is 5.75 Å². The molecule has 2 saturated heterocycles. The fraction of sp³-hybridized carbons (Fsp3) is 0.458. The Morgan fingerprint density at radius 2 is 1.79 bits per heavy atom. The zero-order valence-corrected chi connectivity index (χ0v) is 19.7. The van der Waals surface area contributed by atoms with Crippen LogP contribution in [-0.2, 0) is 14.8 Å². The van der Waals surface area contributed by atoms with Gasteiger partial charge in [0.2, 0.25) is 10.0 Å². The van der Waals surface area contributed by atoms with Gasteiger partial charge in [-0.25, -0.2) is 8.42 Å². The van der Waals surface area contributed by atoms with E-state index in [1.54, 1.807) is 19.2 Å². The van der Waals surface area contributed by atoms with Crippen LogP contribution >= 0.6 is 0 Å². The van der Waals surface area contributed by atoms with Gasteiger partial charge in [-0.15, -0.1) is 0 Å². The van der Waals surface area contributed by atoms with Gasteiger partial charge in [0.25, 0.3) is 5.91 Å². The molecule has 2 aromatic rings. The summed E-state index contributed by atoms with van der Waals surface area (Å²) in [6, 6.07) is 14.1. The maximum Gasteiger partial charge on any atom is 0.251 e. The van der Waals surface area contributed by atoms with Crippen molar-refractivity contribution in [2.75, 3.05) is 53.0 Å². The molecule has 0 spiro atoms. The number of hydrogen-bond acceptors (Lipinski definition) is 6. The molecule has 2 aromatic carbocycles. The number of carbonyl (C=O) groups excluding carboxylic acids is 1. The van der Waals surface area contributed by atoms with Crippen molar-refractivity contribution >= 4 is 15.9 Å². The molecular weight excluding hydrogens is 442 g/mol. The van der Waals surface area contributed by atoms with Crippen LogP contribution in [0.1, 0.15) is 34.8 Å². The Hall–Kier alpha value is -2.46. The zero-order chi connectivity index (χ0) is 23.3. The monoisotopic (exact) mass is 473 g/mol. The first-order chi connectivity index (χ1) is 16.0. The lowest BCUT2D eigenvalue weighted by molar-refractivity contribution is 0.0730. The van der Waals surface area contributed by atoms with Crippen molar-refractivity contribution < 1.29 is 22.7 Å². The number of methoxy groups -OCH3 is 1. The number of nitrogens with zero attached hydrogens (tertiary/aromatic N) is 2. The minimum atomic E-state index is -3.67. The van der Waals surface area contributed by atoms with Gasteiger partial charge in [0.15, 0.2) is 0 Å². The molecule has 1 unspecified atom stereocenters. The predicted octanol–water partition coefficient (Wildman–Crippen LogP) is 2.28. The standard InChI is InChI=1S/C24H31N3O5S/c1-31-23-10-3-2-9-21(23)22(26-11-4-5-12-26)18-25-24(28)19-7-6-8-20(17-19)33(29,30)27-13-15-32-16-14-27/h2-3,6-10,17,22H,4-5,11-16,18H2,1H3,(H,25,28). The van der Waals surface area contributed by atoms with Gasteiger partial charge in [0.1, 0.15) is 5.75 Å². The molecule has 178 valence electrons. The van der Waals surface area contributed by atoms with E-state index in [-0.39, 0.29) is 16.8 Å². The van der Waals surface area contributed by atoms with Gasteiger partial charge in [-0.05, 0) is 50.2 Å². The number of nitrogens with one attached hydrogen (secondary N) is 1. The van der Waals surface area contributed by atoms with Crippen molar-refractivity contribution in [2.24, 2.45) is 0 Å². The predicted molar refractivity (Wildman–Crippen MR) is 125 cm³/mol. The third-order valence-electron chi connectivity index (χ3n) is 6.24. The molecule has 0 bridgehead atoms. The van der Waals surface area contributed by atoms with E-state index < -0.39 is 10.0 Å². The summed E-state index contributed by atoms with van der Waals surface area (Å²) in [4.78, 5) is 15.5. The van der Waals surface area contributed by atoms with Gasteiger partial charge in [-0.1, -0.05) is 24.3 Å². The number of amides is 1. The summed E-state index contributed by atoms with van der Waals surface area (Å²) < 4.78 is 38.2. The number of carbonyl (C=O) groups is 1. The number of hydrogen-bond donors (Lipinski definition) is 1. The zero-order valence-electron chi connectivity index (χ0n) is 18.9. The first-order valence-corrected chi connectivity index (χ1v) is 12.8. The highest BCUT2D eigenvalue weighted by molar-refractivity contribution is 7.89. The van der Waals surface area contributed by atoms with E-state index >= 15 is 0 Å². The third kappa shape index (κ3) is 5.38. The van der Waals surface area contributed by atoms with E-state index in [1.807, 2.05) is 24.3 Å². The molecular formula is C24H31N3O5S. The van der Waals surface area contributed by atoms with Gasteiger partial charge in [-0.2, -0.15) is 4.31 Å². The molecule has 2 aliphatic rings. The van der Waals surface area contributed by atoms with E-state index in [2.05, 4.69) is 10.2 Å². The van der Waals surface area contributed by atoms with E-state index in [0.717, 1.165) is 37.2 Å². The summed E-state index contributed by atoms with van der Waals surface area (Å²) in [6.07, 6.45) is 2.25. The van der Waals surface area contributed by atoms with Gasteiger partial charge in [0.05, 0.1) is 31.3 Å². The van der Waals surface area contributed by atoms with Crippen molar-refractivity contribution in [1.29, 1.82) is 0 Å². The summed E-state index contributed by atoms with van der Waals surface area (Å²) >= 11 is 0. The van der Waals surface area contributed by atoms with Crippen molar-refractivity contribution in [3.63, 3.8) is 0 Å². The first-order valence-electron chi connectivity index (χ1n) is 11.3. The molecule has 33 heavy (non-hydrogen) atoms. The largest absolute Gasteiger partial charge is 0.496 e. The highest BCUT2D eigenvalue weighted by Crippen LogP contribution is 2.31. The Labute approximate surface area is 195 Å². The molecule has 1 amide bonds. The molecule has 2 aliphatic heterocycles. The van der Waals surface area contributed by atoms with Crippen LogP contribution in [0, 0.1) is 0 Å². The number of rotatable bonds is 8. The highest BCUT2D eigenvalue weighted by atomic mass is 32.2. The molecule has 8 nitrogen and oxygen atoms in total. The lowest BCUT2D eigenvalue weighted by Crippen LogP contribution is -2.40. The van der Waals surface area contributed by atoms with Crippen molar-refractivity contribution in [3.05, 3.63) is 59.7 Å². The smallest absolute Gasteiger partial charge is 0.251 e. The van der Waals surface area contributed by atoms with Crippen LogP contribution < -0.4 is 10.1 Å². The van der Waals surface area contributed by atoms with Crippen LogP contribution in [0.15, 0.2) is 53.4 Å². The summed E-state index contributed by atoms with van der Waals surface area (Å²) in [6.45, 7) is 3.71. The molecule has 2 fully saturated rings. The normalized spacial score (nSPS) is 18.7. The van der Waals surface area contributed by atoms with Crippen LogP contribution in [-0.4, -0.2) is 76.6 Å². The SMILES string of the molecule is COc1ccccc1C(CNC(=O)c1cccc(S(=O)(=O)N2CCOCC2)c1)N1CCCC1. The number of ether oxygens (including phenoxy) is 2. The fourth-order valence-corrected chi connectivity index (χ4v) is 5.91. The second kappa shape index (κ2) is 10.6. The van der Waals surface area contributed by atoms with Gasteiger partial charge >= 0.3 is 0 Å². The van der Waals surface area contributed by atoms with Crippen LogP contribution in [0.2, 0.25) is 0 Å². The third-order valence-corrected chi connectivity index (χ3v) is 8.13. The van der Waals surface area contributed by atoms with Crippen LogP contribution in [0.4, 0.5) is 0 Å². The first kappa shape index (κ1) is 23.7. The second-order valence-electron chi connectivity index (χ2n) is 8.26. The molecule has 1 N–H and O–H groups in total. The van der Waals surface area contributed by atoms with E-state index in [4.69, 9.17) is 9.47 Å². The Balaban J connectivity index is 1.50.